The summed E-state index contributed by atoms with van der Waals surface area (Å²) in [7, 11) is 4.45. The van der Waals surface area contributed by atoms with Crippen LogP contribution in [0.1, 0.15) is 61.6 Å². The highest BCUT2D eigenvalue weighted by molar-refractivity contribution is 7.12. The number of carbonyl (C=O) groups is 5. The maximum Gasteiger partial charge on any atom is 0.337 e. The maximum atomic E-state index is 13.1. The van der Waals surface area contributed by atoms with Gasteiger partial charge in [-0.2, -0.15) is 0 Å². The Morgan fingerprint density at radius 2 is 1.37 bits per heavy atom. The first kappa shape index (κ1) is 34.8. The highest BCUT2D eigenvalue weighted by Crippen LogP contribution is 2.33. The summed E-state index contributed by atoms with van der Waals surface area (Å²) in [6, 6.07) is 21.3. The van der Waals surface area contributed by atoms with Crippen molar-refractivity contribution in [3.8, 4) is 17.2 Å². The minimum absolute atomic E-state index is 0.153. The molecule has 1 aliphatic rings. The highest BCUT2D eigenvalue weighted by Gasteiger charge is 2.32. The fourth-order valence-electron chi connectivity index (χ4n) is 5.41. The van der Waals surface area contributed by atoms with Gasteiger partial charge in [-0.1, -0.05) is 6.07 Å². The van der Waals surface area contributed by atoms with Gasteiger partial charge in [0.1, 0.15) is 17.2 Å². The van der Waals surface area contributed by atoms with Crippen LogP contribution in [0.5, 0.6) is 17.2 Å². The van der Waals surface area contributed by atoms with E-state index >= 15 is 0 Å². The van der Waals surface area contributed by atoms with Gasteiger partial charge in [-0.3, -0.25) is 19.2 Å². The van der Waals surface area contributed by atoms with E-state index in [1.165, 1.54) is 48.7 Å². The van der Waals surface area contributed by atoms with Gasteiger partial charge in [0.05, 0.1) is 36.5 Å². The summed E-state index contributed by atoms with van der Waals surface area (Å²) in [5.74, 6) is -1.24. The minimum atomic E-state index is -0.485. The Morgan fingerprint density at radius 1 is 0.755 bits per heavy atom. The Bertz CT molecular complexity index is 1840. The molecule has 252 valence electrons. The van der Waals surface area contributed by atoms with Crippen LogP contribution in [-0.2, 0) is 14.3 Å². The number of allylic oxidation sites excluding steroid dienone is 1. The van der Waals surface area contributed by atoms with Gasteiger partial charge in [0.2, 0.25) is 0 Å². The molecule has 1 aliphatic carbocycles. The van der Waals surface area contributed by atoms with Gasteiger partial charge in [0, 0.05) is 23.9 Å². The lowest BCUT2D eigenvalue weighted by molar-refractivity contribution is -0.145. The summed E-state index contributed by atoms with van der Waals surface area (Å²) in [6.45, 7) is 0. The molecule has 0 atom stereocenters. The highest BCUT2D eigenvalue weighted by atomic mass is 32.1. The van der Waals surface area contributed by atoms with Crippen LogP contribution < -0.4 is 19.1 Å². The first-order valence-corrected chi connectivity index (χ1v) is 16.5. The van der Waals surface area contributed by atoms with Crippen LogP contribution in [0.2, 0.25) is 0 Å². The van der Waals surface area contributed by atoms with Crippen molar-refractivity contribution in [2.45, 2.75) is 25.7 Å². The minimum Gasteiger partial charge on any atom is -0.497 e. The standard InChI is InChI=1S/C38H35NO9S/c1-39(35(41)24-6-8-25(9-7-24)36(42)46-3)29-15-17-30(18-16-29)47-37(43)26-10-12-27(13-11-26)38(44)48-33-21-19-31(45-2)23-28(33)14-20-32(40)34-5-4-22-49-34/h4-9,14-23,26-27H,10-13H2,1-3H3/b20-14+. The lowest BCUT2D eigenvalue weighted by Gasteiger charge is -2.26. The van der Waals surface area contributed by atoms with E-state index in [1.54, 1.807) is 79.9 Å². The lowest BCUT2D eigenvalue weighted by atomic mass is 9.82. The van der Waals surface area contributed by atoms with Crippen molar-refractivity contribution in [1.29, 1.82) is 0 Å². The van der Waals surface area contributed by atoms with E-state index in [2.05, 4.69) is 0 Å². The smallest absolute Gasteiger partial charge is 0.337 e. The fourth-order valence-corrected chi connectivity index (χ4v) is 6.06. The number of thiophene rings is 1. The van der Waals surface area contributed by atoms with E-state index in [-0.39, 0.29) is 29.5 Å². The Balaban J connectivity index is 1.13. The molecule has 1 heterocycles. The van der Waals surface area contributed by atoms with E-state index in [9.17, 15) is 24.0 Å². The molecule has 3 aromatic carbocycles. The molecule has 1 aromatic heterocycles. The predicted octanol–water partition coefficient (Wildman–Crippen LogP) is 7.03. The van der Waals surface area contributed by atoms with Gasteiger partial charge in [-0.25, -0.2) is 4.79 Å². The van der Waals surface area contributed by atoms with Crippen molar-refractivity contribution in [2.24, 2.45) is 11.8 Å². The van der Waals surface area contributed by atoms with E-state index < -0.39 is 11.9 Å². The lowest BCUT2D eigenvalue weighted by Crippen LogP contribution is -2.30. The number of rotatable bonds is 11. The predicted molar refractivity (Wildman–Crippen MR) is 184 cm³/mol. The number of nitrogens with zero attached hydrogens (tertiary/aromatic N) is 1. The molecule has 1 saturated carbocycles. The number of benzene rings is 3. The molecule has 0 radical (unpaired) electrons. The first-order chi connectivity index (χ1) is 23.7. The van der Waals surface area contributed by atoms with Crippen LogP contribution >= 0.6 is 11.3 Å². The van der Waals surface area contributed by atoms with Crippen LogP contribution in [0.3, 0.4) is 0 Å². The monoisotopic (exact) mass is 681 g/mol. The molecule has 5 rings (SSSR count). The van der Waals surface area contributed by atoms with Crippen molar-refractivity contribution in [3.05, 3.63) is 112 Å². The number of ether oxygens (including phenoxy) is 4. The zero-order chi connectivity index (χ0) is 34.9. The third-order valence-corrected chi connectivity index (χ3v) is 9.18. The number of anilines is 1. The van der Waals surface area contributed by atoms with Gasteiger partial charge in [0.25, 0.3) is 5.91 Å². The molecule has 0 N–H and O–H groups in total. The molecule has 10 nitrogen and oxygen atoms in total. The largest absolute Gasteiger partial charge is 0.497 e. The first-order valence-electron chi connectivity index (χ1n) is 15.6. The van der Waals surface area contributed by atoms with Gasteiger partial charge >= 0.3 is 17.9 Å². The molecule has 1 fully saturated rings. The van der Waals surface area contributed by atoms with Crippen molar-refractivity contribution in [2.75, 3.05) is 26.2 Å². The van der Waals surface area contributed by atoms with Gasteiger partial charge < -0.3 is 23.8 Å². The number of hydrogen-bond donors (Lipinski definition) is 0. The number of ketones is 1. The Hall–Kier alpha value is -5.55. The Morgan fingerprint density at radius 3 is 1.96 bits per heavy atom. The molecule has 1 amide bonds. The number of amides is 1. The van der Waals surface area contributed by atoms with Gasteiger partial charge in [-0.15, -0.1) is 11.3 Å². The summed E-state index contributed by atoms with van der Waals surface area (Å²) in [4.78, 5) is 65.3. The summed E-state index contributed by atoms with van der Waals surface area (Å²) in [5.41, 5.74) is 1.86. The Kier molecular flexibility index (Phi) is 11.4. The molecule has 0 saturated heterocycles. The van der Waals surface area contributed by atoms with Crippen LogP contribution in [0, 0.1) is 11.8 Å². The molecule has 0 unspecified atom stereocenters. The molecule has 0 bridgehead atoms. The van der Waals surface area contributed by atoms with Gasteiger partial charge in [0.15, 0.2) is 5.78 Å². The summed E-state index contributed by atoms with van der Waals surface area (Å²) < 4.78 is 21.4. The van der Waals surface area contributed by atoms with Crippen LogP contribution in [-0.4, -0.2) is 50.9 Å². The molecule has 0 aliphatic heterocycles. The number of carbonyl (C=O) groups excluding carboxylic acids is 5. The van der Waals surface area contributed by atoms with Crippen molar-refractivity contribution in [1.82, 2.24) is 0 Å². The van der Waals surface area contributed by atoms with Crippen molar-refractivity contribution >= 4 is 52.7 Å². The summed E-state index contributed by atoms with van der Waals surface area (Å²) in [6.07, 6.45) is 4.90. The van der Waals surface area contributed by atoms with E-state index in [1.807, 2.05) is 5.38 Å². The number of esters is 3. The zero-order valence-electron chi connectivity index (χ0n) is 27.3. The maximum absolute atomic E-state index is 13.1. The fraction of sp³-hybridized carbons (Fsp3) is 0.237. The SMILES string of the molecule is COC(=O)c1ccc(C(=O)N(C)c2ccc(OC(=O)C3CCC(C(=O)Oc4ccc(OC)cc4/C=C/C(=O)c4cccs4)CC3)cc2)cc1. The van der Waals surface area contributed by atoms with Crippen molar-refractivity contribution < 1.29 is 42.9 Å². The van der Waals surface area contributed by atoms with Crippen LogP contribution in [0.4, 0.5) is 5.69 Å². The third-order valence-electron chi connectivity index (χ3n) is 8.30. The normalized spacial score (nSPS) is 15.7. The van der Waals surface area contributed by atoms with Crippen LogP contribution in [0.15, 0.2) is 90.3 Å². The van der Waals surface area contributed by atoms with E-state index in [0.29, 0.717) is 70.2 Å². The molecular formula is C38H35NO9S. The molecule has 0 spiro atoms. The van der Waals surface area contributed by atoms with Crippen LogP contribution in [0.25, 0.3) is 6.08 Å². The van der Waals surface area contributed by atoms with E-state index in [4.69, 9.17) is 18.9 Å². The second-order valence-corrected chi connectivity index (χ2v) is 12.3. The average molecular weight is 682 g/mol. The quantitative estimate of drug-likeness (QED) is 0.0710. The number of methoxy groups -OCH3 is 2. The Labute approximate surface area is 287 Å². The molecule has 11 heteroatoms. The second-order valence-electron chi connectivity index (χ2n) is 11.4. The second kappa shape index (κ2) is 16.0. The number of hydrogen-bond acceptors (Lipinski definition) is 10. The molecular weight excluding hydrogens is 646 g/mol. The van der Waals surface area contributed by atoms with E-state index in [0.717, 1.165) is 0 Å². The summed E-state index contributed by atoms with van der Waals surface area (Å²) in [5, 5.41) is 1.83. The van der Waals surface area contributed by atoms with Gasteiger partial charge in [-0.05, 0) is 116 Å². The zero-order valence-corrected chi connectivity index (χ0v) is 28.1. The third kappa shape index (κ3) is 8.68. The van der Waals surface area contributed by atoms with Crippen molar-refractivity contribution in [3.63, 3.8) is 0 Å². The average Bonchev–Trinajstić information content (AvgIpc) is 3.69. The molecule has 49 heavy (non-hydrogen) atoms. The molecule has 4 aromatic rings. The topological polar surface area (TPSA) is 126 Å². The summed E-state index contributed by atoms with van der Waals surface area (Å²) >= 11 is 1.35.